The molecule has 0 radical (unpaired) electrons. The standard InChI is InChI=1S/C23H21ClN8O7S2/c1-9(21(35)36)39-29-14(13-17(24)41-23(25)27-13)18(33)26-15-19(34)32-16(22(37)38)10(8-40-20(15)32)6-31-5-3-4-11-12(31)7-30(2)28-11/h3-5,7,9,15,20H,6,8H2,1-2H3,(H4-,25,26,27,33,35,36,37,38)/p+1/b29-14-/t9-,15+,20?/m0/s1. The highest BCUT2D eigenvalue weighted by atomic mass is 35.5. The molecule has 0 saturated carbocycles. The first-order valence-corrected chi connectivity index (χ1v) is 14.1. The maximum atomic E-state index is 13.2. The first-order chi connectivity index (χ1) is 19.5. The number of carbonyl (C=O) groups is 4. The van der Waals surface area contributed by atoms with Gasteiger partial charge in [0.25, 0.3) is 17.3 Å². The fourth-order valence-electron chi connectivity index (χ4n) is 4.34. The number of aliphatic carboxylic acids is 2. The van der Waals surface area contributed by atoms with Crippen molar-refractivity contribution in [1.29, 1.82) is 0 Å². The van der Waals surface area contributed by atoms with Gasteiger partial charge in [-0.15, -0.1) is 11.8 Å². The maximum absolute atomic E-state index is 13.2. The lowest BCUT2D eigenvalue weighted by Crippen LogP contribution is -2.71. The number of nitrogen functional groups attached to an aromatic ring is 1. The van der Waals surface area contributed by atoms with Crippen LogP contribution in [0, 0.1) is 0 Å². The zero-order chi connectivity index (χ0) is 29.6. The van der Waals surface area contributed by atoms with Gasteiger partial charge < -0.3 is 26.1 Å². The number of nitrogens with zero attached hydrogens (tertiary/aromatic N) is 6. The number of nitrogens with one attached hydrogen (secondary N) is 1. The summed E-state index contributed by atoms with van der Waals surface area (Å²) < 4.78 is 3.51. The molecule has 1 saturated heterocycles. The predicted molar refractivity (Wildman–Crippen MR) is 147 cm³/mol. The number of aryl methyl sites for hydroxylation is 1. The number of oxime groups is 1. The lowest BCUT2D eigenvalue weighted by Gasteiger charge is -2.49. The van der Waals surface area contributed by atoms with Gasteiger partial charge in [-0.3, -0.25) is 19.2 Å². The molecule has 0 aromatic carbocycles. The van der Waals surface area contributed by atoms with Crippen LogP contribution in [0.1, 0.15) is 12.6 Å². The highest BCUT2D eigenvalue weighted by Crippen LogP contribution is 2.40. The van der Waals surface area contributed by atoms with Crippen LogP contribution in [0.15, 0.2) is 41.0 Å². The van der Waals surface area contributed by atoms with Crippen LogP contribution in [0.5, 0.6) is 0 Å². The molecule has 1 unspecified atom stereocenters. The lowest BCUT2D eigenvalue weighted by atomic mass is 10.0. The average molecular weight is 622 g/mol. The fraction of sp³-hybridized carbons (Fsp3) is 0.304. The van der Waals surface area contributed by atoms with Crippen molar-refractivity contribution in [2.24, 2.45) is 12.2 Å². The van der Waals surface area contributed by atoms with Gasteiger partial charge in [0, 0.05) is 24.4 Å². The summed E-state index contributed by atoms with van der Waals surface area (Å²) in [7, 11) is 1.78. The minimum absolute atomic E-state index is 0.00143. The number of hydrogen-bond acceptors (Lipinski definition) is 11. The molecule has 41 heavy (non-hydrogen) atoms. The van der Waals surface area contributed by atoms with Gasteiger partial charge in [0.15, 0.2) is 29.1 Å². The summed E-state index contributed by atoms with van der Waals surface area (Å²) in [5.74, 6) is -3.90. The normalized spacial score (nSPS) is 19.5. The van der Waals surface area contributed by atoms with Gasteiger partial charge in [-0.2, -0.15) is 9.67 Å². The smallest absolute Gasteiger partial charge is 0.352 e. The molecule has 15 nitrogen and oxygen atoms in total. The quantitative estimate of drug-likeness (QED) is 0.110. The molecule has 5 N–H and O–H groups in total. The molecular formula is C23H22ClN8O7S2+. The number of carboxylic acid groups (broad SMARTS) is 2. The average Bonchev–Trinajstić information content (AvgIpc) is 3.47. The number of pyridine rings is 1. The van der Waals surface area contributed by atoms with Crippen molar-refractivity contribution in [3.05, 3.63) is 45.8 Å². The molecule has 2 amide bonds. The van der Waals surface area contributed by atoms with Crippen molar-refractivity contribution in [1.82, 2.24) is 25.0 Å². The summed E-state index contributed by atoms with van der Waals surface area (Å²) in [6, 6.07) is 2.54. The molecule has 0 bridgehead atoms. The highest BCUT2D eigenvalue weighted by Gasteiger charge is 2.55. The summed E-state index contributed by atoms with van der Waals surface area (Å²) in [5.41, 5.74) is 6.94. The Hall–Kier alpha value is -4.22. The van der Waals surface area contributed by atoms with Gasteiger partial charge in [0.1, 0.15) is 27.1 Å². The van der Waals surface area contributed by atoms with Gasteiger partial charge >= 0.3 is 11.9 Å². The number of amides is 2. The first-order valence-electron chi connectivity index (χ1n) is 11.9. The summed E-state index contributed by atoms with van der Waals surface area (Å²) in [4.78, 5) is 60.0. The van der Waals surface area contributed by atoms with Gasteiger partial charge in [-0.25, -0.2) is 14.6 Å². The van der Waals surface area contributed by atoms with Crippen molar-refractivity contribution in [2.75, 3.05) is 11.5 Å². The number of fused-ring (bicyclic) bond motifs is 2. The minimum Gasteiger partial charge on any atom is -0.478 e. The summed E-state index contributed by atoms with van der Waals surface area (Å²) >= 11 is 8.30. The van der Waals surface area contributed by atoms with E-state index in [2.05, 4.69) is 20.6 Å². The summed E-state index contributed by atoms with van der Waals surface area (Å²) in [6.45, 7) is 1.42. The molecule has 2 aliphatic rings. The van der Waals surface area contributed by atoms with Crippen LogP contribution >= 0.6 is 34.7 Å². The Labute approximate surface area is 244 Å². The molecule has 3 atom stereocenters. The number of thioether (sulfide) groups is 1. The monoisotopic (exact) mass is 621 g/mol. The zero-order valence-electron chi connectivity index (χ0n) is 21.3. The number of anilines is 1. The molecule has 3 aromatic heterocycles. The highest BCUT2D eigenvalue weighted by molar-refractivity contribution is 8.00. The maximum Gasteiger partial charge on any atom is 0.352 e. The van der Waals surface area contributed by atoms with Crippen LogP contribution in [0.4, 0.5) is 5.13 Å². The Morgan fingerprint density at radius 3 is 2.80 bits per heavy atom. The second-order valence-corrected chi connectivity index (χ2v) is 11.8. The number of rotatable bonds is 9. The van der Waals surface area contributed by atoms with E-state index in [1.807, 2.05) is 16.8 Å². The molecule has 5 heterocycles. The van der Waals surface area contributed by atoms with E-state index in [-0.39, 0.29) is 33.2 Å². The number of β-lactam (4-membered cyclic amide) rings is 1. The van der Waals surface area contributed by atoms with E-state index >= 15 is 0 Å². The van der Waals surface area contributed by atoms with Crippen molar-refractivity contribution < 1.29 is 38.8 Å². The van der Waals surface area contributed by atoms with Crippen LogP contribution in [0.3, 0.4) is 0 Å². The van der Waals surface area contributed by atoms with E-state index in [1.165, 1.54) is 18.7 Å². The molecule has 5 rings (SSSR count). The molecule has 2 aliphatic heterocycles. The Morgan fingerprint density at radius 2 is 2.15 bits per heavy atom. The van der Waals surface area contributed by atoms with Gasteiger partial charge in [0.2, 0.25) is 6.10 Å². The van der Waals surface area contributed by atoms with E-state index in [0.717, 1.165) is 27.3 Å². The number of nitrogens with two attached hydrogens (primary N) is 1. The van der Waals surface area contributed by atoms with Gasteiger partial charge in [0.05, 0.1) is 6.20 Å². The Balaban J connectivity index is 1.39. The van der Waals surface area contributed by atoms with Crippen molar-refractivity contribution in [3.63, 3.8) is 0 Å². The molecule has 0 aliphatic carbocycles. The summed E-state index contributed by atoms with van der Waals surface area (Å²) in [5, 5.41) is 29.0. The van der Waals surface area contributed by atoms with E-state index in [9.17, 15) is 24.3 Å². The minimum atomic E-state index is -1.40. The lowest BCUT2D eigenvalue weighted by molar-refractivity contribution is -0.663. The zero-order valence-corrected chi connectivity index (χ0v) is 23.7. The third-order valence-corrected chi connectivity index (χ3v) is 8.68. The van der Waals surface area contributed by atoms with Crippen LogP contribution in [-0.2, 0) is 37.6 Å². The van der Waals surface area contributed by atoms with Gasteiger partial charge in [-0.05, 0) is 13.0 Å². The number of carbonyl (C=O) groups excluding carboxylic acids is 2. The van der Waals surface area contributed by atoms with Crippen molar-refractivity contribution >= 4 is 80.3 Å². The van der Waals surface area contributed by atoms with Gasteiger partial charge in [-0.1, -0.05) is 28.1 Å². The number of aromatic nitrogens is 4. The largest absolute Gasteiger partial charge is 0.478 e. The fourth-order valence-corrected chi connectivity index (χ4v) is 6.61. The number of thiazole rings is 1. The Morgan fingerprint density at radius 1 is 1.39 bits per heavy atom. The van der Waals surface area contributed by atoms with Crippen molar-refractivity contribution in [2.45, 2.75) is 31.0 Å². The number of hydrogen-bond donors (Lipinski definition) is 4. The predicted octanol–water partition coefficient (Wildman–Crippen LogP) is 0.186. The number of halogens is 1. The SMILES string of the molecule is C[C@H](O/N=C(\C(=O)N[C@@H]1C(=O)N2C(C(=O)O)=C(C[n+]3cccc4nn(C)cc43)CSC12)c1nc(N)sc1Cl)C(=O)O. The van der Waals surface area contributed by atoms with E-state index in [4.69, 9.17) is 27.3 Å². The van der Waals surface area contributed by atoms with Crippen LogP contribution in [-0.4, -0.2) is 82.6 Å². The second-order valence-electron chi connectivity index (χ2n) is 9.03. The van der Waals surface area contributed by atoms with E-state index in [1.54, 1.807) is 24.0 Å². The van der Waals surface area contributed by atoms with Crippen LogP contribution in [0.25, 0.3) is 11.0 Å². The van der Waals surface area contributed by atoms with Crippen molar-refractivity contribution in [3.8, 4) is 0 Å². The Bertz CT molecular complexity index is 1670. The molecule has 1 fully saturated rings. The molecule has 3 aromatic rings. The van der Waals surface area contributed by atoms with Crippen LogP contribution < -0.4 is 15.6 Å². The first kappa shape index (κ1) is 28.3. The van der Waals surface area contributed by atoms with E-state index < -0.39 is 47.0 Å². The third kappa shape index (κ3) is 5.30. The molecule has 18 heteroatoms. The third-order valence-electron chi connectivity index (χ3n) is 6.26. The molecule has 214 valence electrons. The number of carboxylic acids is 2. The molecule has 0 spiro atoms. The topological polar surface area (TPSA) is 206 Å². The van der Waals surface area contributed by atoms with E-state index in [0.29, 0.717) is 5.57 Å². The Kier molecular flexibility index (Phi) is 7.58. The summed E-state index contributed by atoms with van der Waals surface area (Å²) in [6.07, 6.45) is 2.22. The van der Waals surface area contributed by atoms with Crippen LogP contribution in [0.2, 0.25) is 4.34 Å². The molecular weight excluding hydrogens is 600 g/mol. The second kappa shape index (κ2) is 11.0.